The van der Waals surface area contributed by atoms with Crippen LogP contribution in [0.1, 0.15) is 24.2 Å². The van der Waals surface area contributed by atoms with E-state index in [0.717, 1.165) is 22.8 Å². The second kappa shape index (κ2) is 5.75. The van der Waals surface area contributed by atoms with Crippen LogP contribution in [-0.2, 0) is 0 Å². The molecule has 3 nitrogen and oxygen atoms in total. The van der Waals surface area contributed by atoms with E-state index in [1.165, 1.54) is 0 Å². The largest absolute Gasteiger partial charge is 0.305 e. The molecule has 0 aliphatic carbocycles. The van der Waals surface area contributed by atoms with Gasteiger partial charge in [0.1, 0.15) is 0 Å². The van der Waals surface area contributed by atoms with E-state index >= 15 is 0 Å². The Morgan fingerprint density at radius 3 is 2.59 bits per heavy atom. The zero-order valence-corrected chi connectivity index (χ0v) is 10.4. The van der Waals surface area contributed by atoms with E-state index in [-0.39, 0.29) is 6.04 Å². The Morgan fingerprint density at radius 2 is 2.00 bits per heavy atom. The van der Waals surface area contributed by atoms with Gasteiger partial charge < -0.3 is 5.32 Å². The Kier molecular flexibility index (Phi) is 4.07. The van der Waals surface area contributed by atoms with Crippen LogP contribution >= 0.6 is 11.6 Å². The predicted octanol–water partition coefficient (Wildman–Crippen LogP) is 2.83. The van der Waals surface area contributed by atoms with Crippen LogP contribution in [0.5, 0.6) is 0 Å². The average molecular weight is 248 g/mol. The fraction of sp³-hybridized carbons (Fsp3) is 0.231. The van der Waals surface area contributed by atoms with Gasteiger partial charge in [-0.15, -0.1) is 0 Å². The van der Waals surface area contributed by atoms with Crippen LogP contribution in [0, 0.1) is 0 Å². The predicted molar refractivity (Wildman–Crippen MR) is 69.0 cm³/mol. The van der Waals surface area contributed by atoms with Gasteiger partial charge in [-0.2, -0.15) is 0 Å². The summed E-state index contributed by atoms with van der Waals surface area (Å²) in [5, 5.41) is 4.13. The number of benzene rings is 1. The SMILES string of the molecule is CCNC(c1ccc(Cl)cc1)c1cnccn1. The Hall–Kier alpha value is -1.45. The van der Waals surface area contributed by atoms with Crippen molar-refractivity contribution < 1.29 is 0 Å². The van der Waals surface area contributed by atoms with Crippen molar-refractivity contribution in [1.29, 1.82) is 0 Å². The summed E-state index contributed by atoms with van der Waals surface area (Å²) in [6.07, 6.45) is 5.16. The number of hydrogen-bond acceptors (Lipinski definition) is 3. The molecule has 0 spiro atoms. The van der Waals surface area contributed by atoms with Crippen molar-refractivity contribution in [3.05, 3.63) is 59.1 Å². The van der Waals surface area contributed by atoms with Crippen molar-refractivity contribution in [2.45, 2.75) is 13.0 Å². The maximum Gasteiger partial charge on any atom is 0.0801 e. The lowest BCUT2D eigenvalue weighted by molar-refractivity contribution is 0.613. The van der Waals surface area contributed by atoms with Crippen molar-refractivity contribution in [3.63, 3.8) is 0 Å². The lowest BCUT2D eigenvalue weighted by atomic mass is 10.0. The monoisotopic (exact) mass is 247 g/mol. The molecule has 88 valence electrons. The topological polar surface area (TPSA) is 37.8 Å². The Bertz CT molecular complexity index is 456. The average Bonchev–Trinajstić information content (AvgIpc) is 2.38. The molecule has 1 aromatic heterocycles. The van der Waals surface area contributed by atoms with E-state index in [0.29, 0.717) is 0 Å². The number of rotatable bonds is 4. The summed E-state index contributed by atoms with van der Waals surface area (Å²) in [7, 11) is 0. The maximum absolute atomic E-state index is 5.89. The van der Waals surface area contributed by atoms with Crippen LogP contribution < -0.4 is 5.32 Å². The highest BCUT2D eigenvalue weighted by Gasteiger charge is 2.13. The van der Waals surface area contributed by atoms with Gasteiger partial charge in [0.2, 0.25) is 0 Å². The molecule has 1 atom stereocenters. The van der Waals surface area contributed by atoms with Crippen LogP contribution in [0.2, 0.25) is 5.02 Å². The third-order valence-electron chi connectivity index (χ3n) is 2.49. The van der Waals surface area contributed by atoms with Gasteiger partial charge in [-0.05, 0) is 24.2 Å². The lowest BCUT2D eigenvalue weighted by Gasteiger charge is -2.17. The van der Waals surface area contributed by atoms with Gasteiger partial charge in [0.05, 0.1) is 17.9 Å². The molecule has 0 fully saturated rings. The molecule has 1 heterocycles. The van der Waals surface area contributed by atoms with Gasteiger partial charge in [0.25, 0.3) is 0 Å². The number of nitrogens with one attached hydrogen (secondary N) is 1. The molecule has 0 aliphatic rings. The molecule has 2 rings (SSSR count). The highest BCUT2D eigenvalue weighted by Crippen LogP contribution is 2.21. The van der Waals surface area contributed by atoms with Gasteiger partial charge in [0.15, 0.2) is 0 Å². The summed E-state index contributed by atoms with van der Waals surface area (Å²) in [5.74, 6) is 0. The zero-order valence-electron chi connectivity index (χ0n) is 9.60. The molecule has 1 unspecified atom stereocenters. The molecule has 0 saturated carbocycles. The van der Waals surface area contributed by atoms with Crippen molar-refractivity contribution >= 4 is 11.6 Å². The van der Waals surface area contributed by atoms with Crippen LogP contribution in [0.25, 0.3) is 0 Å². The third-order valence-corrected chi connectivity index (χ3v) is 2.74. The molecular weight excluding hydrogens is 234 g/mol. The van der Waals surface area contributed by atoms with E-state index in [1.54, 1.807) is 18.6 Å². The van der Waals surface area contributed by atoms with Crippen molar-refractivity contribution in [1.82, 2.24) is 15.3 Å². The molecule has 2 aromatic rings. The normalized spacial score (nSPS) is 12.4. The van der Waals surface area contributed by atoms with Crippen LogP contribution in [0.3, 0.4) is 0 Å². The van der Waals surface area contributed by atoms with E-state index in [1.807, 2.05) is 24.3 Å². The van der Waals surface area contributed by atoms with Crippen molar-refractivity contribution in [2.75, 3.05) is 6.54 Å². The van der Waals surface area contributed by atoms with Crippen molar-refractivity contribution in [2.24, 2.45) is 0 Å². The molecule has 0 bridgehead atoms. The molecule has 1 aromatic carbocycles. The molecule has 0 amide bonds. The first kappa shape index (κ1) is 12.0. The number of nitrogens with zero attached hydrogens (tertiary/aromatic N) is 2. The zero-order chi connectivity index (χ0) is 12.1. The molecule has 17 heavy (non-hydrogen) atoms. The van der Waals surface area contributed by atoms with Gasteiger partial charge >= 0.3 is 0 Å². The highest BCUT2D eigenvalue weighted by molar-refractivity contribution is 6.30. The maximum atomic E-state index is 5.89. The lowest BCUT2D eigenvalue weighted by Crippen LogP contribution is -2.22. The summed E-state index contributed by atoms with van der Waals surface area (Å²) in [6, 6.07) is 7.84. The molecule has 1 N–H and O–H groups in total. The van der Waals surface area contributed by atoms with Crippen LogP contribution in [0.4, 0.5) is 0 Å². The summed E-state index contributed by atoms with van der Waals surface area (Å²) in [6.45, 7) is 2.93. The van der Waals surface area contributed by atoms with E-state index in [2.05, 4.69) is 22.2 Å². The van der Waals surface area contributed by atoms with Crippen LogP contribution in [-0.4, -0.2) is 16.5 Å². The second-order valence-electron chi connectivity index (χ2n) is 3.67. The smallest absolute Gasteiger partial charge is 0.0801 e. The molecule has 0 saturated heterocycles. The second-order valence-corrected chi connectivity index (χ2v) is 4.11. The first-order valence-corrected chi connectivity index (χ1v) is 5.94. The summed E-state index contributed by atoms with van der Waals surface area (Å²) in [4.78, 5) is 8.44. The van der Waals surface area contributed by atoms with Gasteiger partial charge in [-0.3, -0.25) is 9.97 Å². The summed E-state index contributed by atoms with van der Waals surface area (Å²) >= 11 is 5.89. The molecule has 0 aliphatic heterocycles. The first-order valence-electron chi connectivity index (χ1n) is 5.56. The van der Waals surface area contributed by atoms with Crippen LogP contribution in [0.15, 0.2) is 42.9 Å². The quantitative estimate of drug-likeness (QED) is 0.903. The third kappa shape index (κ3) is 3.02. The standard InChI is InChI=1S/C13H14ClN3/c1-2-16-13(12-9-15-7-8-17-12)10-3-5-11(14)6-4-10/h3-9,13,16H,2H2,1H3. The molecule has 4 heteroatoms. The number of hydrogen-bond donors (Lipinski definition) is 1. The van der Waals surface area contributed by atoms with Gasteiger partial charge in [-0.25, -0.2) is 0 Å². The molecular formula is C13H14ClN3. The van der Waals surface area contributed by atoms with E-state index in [4.69, 9.17) is 11.6 Å². The Balaban J connectivity index is 2.32. The Labute approximate surface area is 106 Å². The molecule has 0 radical (unpaired) electrons. The van der Waals surface area contributed by atoms with E-state index in [9.17, 15) is 0 Å². The number of halogens is 1. The summed E-state index contributed by atoms with van der Waals surface area (Å²) in [5.41, 5.74) is 2.05. The minimum absolute atomic E-state index is 0.0611. The fourth-order valence-electron chi connectivity index (χ4n) is 1.71. The Morgan fingerprint density at radius 1 is 1.24 bits per heavy atom. The van der Waals surface area contributed by atoms with Gasteiger partial charge in [0, 0.05) is 17.4 Å². The number of aromatic nitrogens is 2. The minimum atomic E-state index is 0.0611. The van der Waals surface area contributed by atoms with Gasteiger partial charge in [-0.1, -0.05) is 30.7 Å². The first-order chi connectivity index (χ1) is 8.31. The summed E-state index contributed by atoms with van der Waals surface area (Å²) < 4.78 is 0. The van der Waals surface area contributed by atoms with E-state index < -0.39 is 0 Å². The fourth-order valence-corrected chi connectivity index (χ4v) is 1.84. The highest BCUT2D eigenvalue weighted by atomic mass is 35.5. The van der Waals surface area contributed by atoms with Crippen molar-refractivity contribution in [3.8, 4) is 0 Å². The minimum Gasteiger partial charge on any atom is -0.305 e.